The summed E-state index contributed by atoms with van der Waals surface area (Å²) >= 11 is 4.75. The number of thioether (sulfide) groups is 4. The van der Waals surface area contributed by atoms with Crippen LogP contribution in [0.4, 0.5) is 0 Å². The molecular weight excluding hydrogens is 1600 g/mol. The third-order valence-corrected chi connectivity index (χ3v) is 23.6. The van der Waals surface area contributed by atoms with Crippen molar-refractivity contribution in [1.29, 1.82) is 0 Å². The van der Waals surface area contributed by atoms with Gasteiger partial charge >= 0.3 is 17.9 Å². The maximum Gasteiger partial charge on any atom is 0.313 e. The van der Waals surface area contributed by atoms with Gasteiger partial charge in [-0.25, -0.2) is 0 Å². The molecule has 14 amide bonds. The third-order valence-electron chi connectivity index (χ3n) is 19.2. The zero-order chi connectivity index (χ0) is 85.4. The fourth-order valence-electron chi connectivity index (χ4n) is 13.6. The van der Waals surface area contributed by atoms with Gasteiger partial charge in [0.2, 0.25) is 47.3 Å². The topological polar surface area (TPSA) is 513 Å². The van der Waals surface area contributed by atoms with Crippen LogP contribution in [0.1, 0.15) is 222 Å². The number of imide groups is 6. The summed E-state index contributed by atoms with van der Waals surface area (Å²) in [5.41, 5.74) is 19.2. The van der Waals surface area contributed by atoms with Crippen molar-refractivity contribution in [2.24, 2.45) is 17.2 Å². The van der Waals surface area contributed by atoms with Crippen LogP contribution in [0, 0.1) is 0 Å². The van der Waals surface area contributed by atoms with Gasteiger partial charge in [-0.3, -0.25) is 122 Å². The lowest BCUT2D eigenvalue weighted by Crippen LogP contribution is -2.54. The van der Waals surface area contributed by atoms with Crippen molar-refractivity contribution in [3.63, 3.8) is 0 Å². The molecule has 0 bridgehead atoms. The lowest BCUT2D eigenvalue weighted by atomic mass is 10.0. The molecule has 33 nitrogen and oxygen atoms in total. The van der Waals surface area contributed by atoms with Crippen molar-refractivity contribution in [3.8, 4) is 0 Å². The molecule has 0 aromatic heterocycles. The highest BCUT2D eigenvalue weighted by Gasteiger charge is 2.48. The number of nitrogens with zero attached hydrogens (tertiary/aromatic N) is 4. The largest absolute Gasteiger partial charge is 0.481 e. The standard InChI is InChI=1S/C20H23N3O5S.C20H25N3O4S.C15H12N2O6S.C15H14N2O5S.C10H21NO2/c21-10-3-1-2-5-12(24)11-29-15-7-4-6-13-17(15)20(28)23(19(13)27)14-8-9-16(25)22-18(14)26;21-10-3-1-2-5-13(24)12-28-17-7-4-6-14-15(17)11-23(20(14)27)16-8-9-18(25)22-19(16)26;18-10-5-4-8(13(21)16-10)17-14(22)7-2-1-3-9(12(7)15(17)23)24-6-11(19)20;18-12-5-4-10(14(21)16-12)17-6-9-8(15(17)22)2-1-3-11(9)23-7-13(19)20;1-10(2,3)13-9(12)7-5-4-6-8-11/h4,6-7,14H,1-3,5,8-11,21H2,(H,22,25,26);4,6-7,16H,1-3,5,8-12,21H2,(H,22,25,26);1-3,8H,4-6H2,(H,19,20)(H,16,18,21);1-3,10H,4-7H2,(H,19,20)(H,16,18,21);4-8,11H2,1-3H3. The molecule has 0 saturated carbocycles. The van der Waals surface area contributed by atoms with Crippen molar-refractivity contribution in [2.75, 3.05) is 42.6 Å². The average molecular weight is 1690 g/mol. The Balaban J connectivity index is 0.000000186. The van der Waals surface area contributed by atoms with E-state index in [1.807, 2.05) is 26.8 Å². The summed E-state index contributed by atoms with van der Waals surface area (Å²) in [5.74, 6) is -8.08. The van der Waals surface area contributed by atoms with E-state index in [-0.39, 0.29) is 131 Å². The van der Waals surface area contributed by atoms with Crippen molar-refractivity contribution in [1.82, 2.24) is 40.9 Å². The van der Waals surface area contributed by atoms with Crippen LogP contribution in [0.25, 0.3) is 0 Å². The number of carboxylic acid groups (broad SMARTS) is 2. The first-order valence-electron chi connectivity index (χ1n) is 38.3. The van der Waals surface area contributed by atoms with Gasteiger partial charge < -0.3 is 42.0 Å². The van der Waals surface area contributed by atoms with Crippen LogP contribution in [0.15, 0.2) is 92.4 Å². The number of carbonyl (C=O) groups is 19. The Kier molecular flexibility index (Phi) is 34.5. The maximum absolute atomic E-state index is 13.0. The summed E-state index contributed by atoms with van der Waals surface area (Å²) in [7, 11) is 0. The molecule has 117 heavy (non-hydrogen) atoms. The summed E-state index contributed by atoms with van der Waals surface area (Å²) in [5, 5.41) is 26.5. The minimum Gasteiger partial charge on any atom is -0.481 e. The molecule has 0 radical (unpaired) electrons. The Morgan fingerprint density at radius 1 is 0.393 bits per heavy atom. The second-order valence-corrected chi connectivity index (χ2v) is 33.1. The van der Waals surface area contributed by atoms with Crippen LogP contribution < -0.4 is 38.5 Å². The number of carboxylic acids is 2. The number of hydrogen-bond donors (Lipinski definition) is 9. The maximum atomic E-state index is 13.0. The van der Waals surface area contributed by atoms with E-state index in [1.54, 1.807) is 60.7 Å². The molecule has 8 aliphatic heterocycles. The lowest BCUT2D eigenvalue weighted by molar-refractivity contribution is -0.155. The van der Waals surface area contributed by atoms with Gasteiger partial charge in [0.25, 0.3) is 35.4 Å². The van der Waals surface area contributed by atoms with Crippen molar-refractivity contribution < 1.29 is 106 Å². The molecule has 12 N–H and O–H groups in total. The smallest absolute Gasteiger partial charge is 0.313 e. The van der Waals surface area contributed by atoms with E-state index in [0.717, 1.165) is 112 Å². The molecule has 0 aliphatic carbocycles. The number of carbonyl (C=O) groups excluding carboxylic acids is 17. The minimum atomic E-state index is -1.04. The lowest BCUT2D eigenvalue weighted by Gasteiger charge is -2.29. The molecule has 4 saturated heterocycles. The van der Waals surface area contributed by atoms with E-state index in [0.29, 0.717) is 85.0 Å². The molecule has 0 spiro atoms. The van der Waals surface area contributed by atoms with Crippen molar-refractivity contribution in [2.45, 2.75) is 212 Å². The third kappa shape index (κ3) is 25.1. The number of esters is 1. The van der Waals surface area contributed by atoms with Gasteiger partial charge in [-0.2, -0.15) is 0 Å². The number of piperidine rings is 4. The van der Waals surface area contributed by atoms with Crippen LogP contribution in [0.3, 0.4) is 0 Å². The highest BCUT2D eigenvalue weighted by molar-refractivity contribution is 8.00. The molecule has 4 aromatic carbocycles. The first-order chi connectivity index (χ1) is 55.8. The van der Waals surface area contributed by atoms with Crippen LogP contribution in [-0.4, -0.2) is 214 Å². The second kappa shape index (κ2) is 43.8. The van der Waals surface area contributed by atoms with E-state index >= 15 is 0 Å². The van der Waals surface area contributed by atoms with Gasteiger partial charge in [0.1, 0.15) is 41.3 Å². The summed E-state index contributed by atoms with van der Waals surface area (Å²) in [6.45, 7) is 8.18. The van der Waals surface area contributed by atoms with Crippen LogP contribution >= 0.6 is 47.0 Å². The SMILES string of the molecule is CC(C)(C)OC(=O)CCCCCN.NCCCCCC(=O)CSc1cccc2c1C(=O)N(C1CCC(=O)NC1=O)C2=O.NCCCCCC(=O)CSc1cccc2c1CN(C1CCC(=O)NC1=O)C2=O.O=C(O)CSc1cccc2c1C(=O)N(C1CCC(=O)NC1=O)C2=O.O=C(O)CSc1cccc2c1CN(C1CCC(=O)NC1=O)C2=O. The van der Waals surface area contributed by atoms with E-state index in [4.69, 9.17) is 32.2 Å². The summed E-state index contributed by atoms with van der Waals surface area (Å²) in [6.07, 6.45) is 11.1. The number of amides is 14. The predicted molar refractivity (Wildman–Crippen MR) is 428 cm³/mol. The quantitative estimate of drug-likeness (QED) is 0.0127. The summed E-state index contributed by atoms with van der Waals surface area (Å²) in [4.78, 5) is 234. The number of rotatable bonds is 31. The molecule has 8 aliphatic rings. The molecule has 4 aromatic rings. The Morgan fingerprint density at radius 2 is 0.701 bits per heavy atom. The zero-order valence-electron chi connectivity index (χ0n) is 65.0. The molecule has 4 unspecified atom stereocenters. The van der Waals surface area contributed by atoms with Crippen LogP contribution in [0.2, 0.25) is 0 Å². The number of Topliss-reactive ketones (excluding diaryl/α,β-unsaturated/α-hetero) is 2. The van der Waals surface area contributed by atoms with Gasteiger partial charge in [-0.05, 0) is 164 Å². The predicted octanol–water partition coefficient (Wildman–Crippen LogP) is 5.63. The second-order valence-electron chi connectivity index (χ2n) is 29.0. The van der Waals surface area contributed by atoms with Crippen molar-refractivity contribution >= 4 is 159 Å². The number of aliphatic carboxylic acids is 2. The normalized spacial score (nSPS) is 18.6. The molecule has 12 rings (SSSR count). The molecule has 4 atom stereocenters. The first-order valence-corrected chi connectivity index (χ1v) is 42.2. The number of unbranched alkanes of at least 4 members (excludes halogenated alkanes) is 6. The fourth-order valence-corrected chi connectivity index (χ4v) is 17.2. The minimum absolute atomic E-state index is 0.0461. The van der Waals surface area contributed by atoms with Crippen LogP contribution in [-0.2, 0) is 80.2 Å². The van der Waals surface area contributed by atoms with E-state index in [9.17, 15) is 91.1 Å². The summed E-state index contributed by atoms with van der Waals surface area (Å²) < 4.78 is 5.15. The van der Waals surface area contributed by atoms with Gasteiger partial charge in [0, 0.05) is 88.7 Å². The van der Waals surface area contributed by atoms with E-state index in [2.05, 4.69) is 21.3 Å². The molecule has 4 fully saturated rings. The van der Waals surface area contributed by atoms with E-state index < -0.39 is 95.2 Å². The first kappa shape index (κ1) is 92.2. The number of ether oxygens (including phenoxy) is 1. The molecule has 8 heterocycles. The fraction of sp³-hybridized carbons (Fsp3) is 0.463. The molecule has 37 heteroatoms. The van der Waals surface area contributed by atoms with Gasteiger partial charge in [-0.15, -0.1) is 47.0 Å². The van der Waals surface area contributed by atoms with Gasteiger partial charge in [0.05, 0.1) is 45.3 Å². The van der Waals surface area contributed by atoms with Gasteiger partial charge in [-0.1, -0.05) is 43.5 Å². The number of nitrogens with one attached hydrogen (secondary N) is 4. The molecule has 626 valence electrons. The van der Waals surface area contributed by atoms with Crippen molar-refractivity contribution in [3.05, 3.63) is 117 Å². The molecular formula is C80H95N11O22S4. The van der Waals surface area contributed by atoms with Crippen LogP contribution in [0.5, 0.6) is 0 Å². The average Bonchev–Trinajstić information content (AvgIpc) is 1.61. The number of fused-ring (bicyclic) bond motifs is 4. The number of hydrogen-bond acceptors (Lipinski definition) is 27. The highest BCUT2D eigenvalue weighted by Crippen LogP contribution is 2.39. The summed E-state index contributed by atoms with van der Waals surface area (Å²) in [6, 6.07) is 16.8. The number of benzene rings is 4. The van der Waals surface area contributed by atoms with Gasteiger partial charge in [0.15, 0.2) is 0 Å². The Bertz CT molecular complexity index is 4570. The number of nitrogens with two attached hydrogens (primary N) is 3. The monoisotopic (exact) mass is 1690 g/mol. The Labute approximate surface area is 691 Å². The Hall–Kier alpha value is -10.3. The Morgan fingerprint density at radius 3 is 1.03 bits per heavy atom. The van der Waals surface area contributed by atoms with E-state index in [1.165, 1.54) is 39.4 Å². The highest BCUT2D eigenvalue weighted by atomic mass is 32.2. The zero-order valence-corrected chi connectivity index (χ0v) is 68.2. The number of ketones is 2.